The van der Waals surface area contributed by atoms with E-state index in [1.165, 1.54) is 11.3 Å². The summed E-state index contributed by atoms with van der Waals surface area (Å²) in [6.07, 6.45) is 1.14. The number of benzene rings is 1. The molecule has 4 rings (SSSR count). The summed E-state index contributed by atoms with van der Waals surface area (Å²) in [5.74, 6) is 0. The lowest BCUT2D eigenvalue weighted by molar-refractivity contribution is 0.313. The van der Waals surface area contributed by atoms with E-state index in [9.17, 15) is 0 Å². The van der Waals surface area contributed by atoms with Crippen LogP contribution in [0.4, 0.5) is 0 Å². The normalized spacial score (nSPS) is 14.5. The van der Waals surface area contributed by atoms with Gasteiger partial charge in [0.1, 0.15) is 5.01 Å². The summed E-state index contributed by atoms with van der Waals surface area (Å²) < 4.78 is 2.15. The van der Waals surface area contributed by atoms with E-state index in [0.29, 0.717) is 0 Å². The molecule has 1 N–H and O–H groups in total. The summed E-state index contributed by atoms with van der Waals surface area (Å²) in [6.45, 7) is 4.70. The zero-order chi connectivity index (χ0) is 17.1. The number of nitrogens with zero attached hydrogens (tertiary/aromatic N) is 4. The third-order valence-corrected chi connectivity index (χ3v) is 5.24. The van der Waals surface area contributed by atoms with Crippen molar-refractivity contribution in [2.24, 2.45) is 0 Å². The van der Waals surface area contributed by atoms with Crippen LogP contribution in [0.15, 0.2) is 41.8 Å². The van der Waals surface area contributed by atoms with E-state index in [2.05, 4.69) is 57.7 Å². The first kappa shape index (κ1) is 16.4. The van der Waals surface area contributed by atoms with Gasteiger partial charge in [0.25, 0.3) is 0 Å². The first-order valence-electron chi connectivity index (χ1n) is 8.72. The zero-order valence-corrected chi connectivity index (χ0v) is 15.3. The Morgan fingerprint density at radius 3 is 3.00 bits per heavy atom. The number of rotatable bonds is 5. The molecular weight excluding hydrogens is 330 g/mol. The highest BCUT2D eigenvalue weighted by Crippen LogP contribution is 2.22. The van der Waals surface area contributed by atoms with E-state index in [1.807, 2.05) is 6.07 Å². The fourth-order valence-corrected chi connectivity index (χ4v) is 4.07. The first-order chi connectivity index (χ1) is 12.3. The molecule has 0 fully saturated rings. The Labute approximate surface area is 152 Å². The maximum Gasteiger partial charge on any atom is 0.107 e. The van der Waals surface area contributed by atoms with Crippen LogP contribution in [0.2, 0.25) is 0 Å². The van der Waals surface area contributed by atoms with Gasteiger partial charge < -0.3 is 5.32 Å². The van der Waals surface area contributed by atoms with Crippen LogP contribution in [0.3, 0.4) is 0 Å². The second-order valence-electron chi connectivity index (χ2n) is 6.55. The van der Waals surface area contributed by atoms with Gasteiger partial charge >= 0.3 is 0 Å². The van der Waals surface area contributed by atoms with Gasteiger partial charge in [0.15, 0.2) is 0 Å². The molecule has 0 aliphatic carbocycles. The van der Waals surface area contributed by atoms with Crippen molar-refractivity contribution in [3.8, 4) is 11.3 Å². The maximum absolute atomic E-state index is 4.78. The lowest BCUT2D eigenvalue weighted by atomic mass is 10.2. The second kappa shape index (κ2) is 7.47. The van der Waals surface area contributed by atoms with Crippen LogP contribution < -0.4 is 5.32 Å². The van der Waals surface area contributed by atoms with Crippen LogP contribution in [0, 0.1) is 0 Å². The molecule has 130 valence electrons. The molecule has 0 atom stereocenters. The van der Waals surface area contributed by atoms with Gasteiger partial charge in [0, 0.05) is 30.6 Å². The highest BCUT2D eigenvalue weighted by molar-refractivity contribution is 7.09. The van der Waals surface area contributed by atoms with Crippen molar-refractivity contribution >= 4 is 11.3 Å². The predicted octanol–water partition coefficient (Wildman–Crippen LogP) is 3.13. The molecule has 0 spiro atoms. The quantitative estimate of drug-likeness (QED) is 0.765. The molecular formula is C19H23N5S. The van der Waals surface area contributed by atoms with Gasteiger partial charge in [-0.15, -0.1) is 11.3 Å². The van der Waals surface area contributed by atoms with Crippen LogP contribution in [-0.2, 0) is 26.2 Å². The van der Waals surface area contributed by atoms with Crippen molar-refractivity contribution < 1.29 is 0 Å². The lowest BCUT2D eigenvalue weighted by Gasteiger charge is -2.13. The largest absolute Gasteiger partial charge is 0.311 e. The Kier molecular flexibility index (Phi) is 4.92. The highest BCUT2D eigenvalue weighted by atomic mass is 32.1. The van der Waals surface area contributed by atoms with Gasteiger partial charge in [0.05, 0.1) is 23.6 Å². The summed E-state index contributed by atoms with van der Waals surface area (Å²) in [7, 11) is 2.13. The van der Waals surface area contributed by atoms with Crippen molar-refractivity contribution in [2.75, 3.05) is 13.6 Å². The summed E-state index contributed by atoms with van der Waals surface area (Å²) in [5, 5.41) is 11.5. The Balaban J connectivity index is 1.39. The van der Waals surface area contributed by atoms with Gasteiger partial charge in [-0.05, 0) is 26.1 Å². The number of nitrogens with one attached hydrogen (secondary N) is 1. The Morgan fingerprint density at radius 2 is 2.12 bits per heavy atom. The van der Waals surface area contributed by atoms with Crippen LogP contribution in [-0.4, -0.2) is 33.3 Å². The van der Waals surface area contributed by atoms with Crippen molar-refractivity contribution in [1.29, 1.82) is 0 Å². The van der Waals surface area contributed by atoms with Crippen molar-refractivity contribution in [2.45, 2.75) is 32.6 Å². The lowest BCUT2D eigenvalue weighted by Crippen LogP contribution is -2.17. The fourth-order valence-electron chi connectivity index (χ4n) is 3.19. The van der Waals surface area contributed by atoms with Gasteiger partial charge in [-0.3, -0.25) is 9.58 Å². The molecule has 0 saturated carbocycles. The Bertz CT molecular complexity index is 800. The predicted molar refractivity (Wildman–Crippen MR) is 101 cm³/mol. The number of thiazole rings is 1. The SMILES string of the molecule is CN(Cc1cc2n(n1)CCCNC2)Cc1nc(-c2ccccc2)cs1. The smallest absolute Gasteiger partial charge is 0.107 e. The minimum Gasteiger partial charge on any atom is -0.311 e. The molecule has 1 aliphatic rings. The van der Waals surface area contributed by atoms with E-state index < -0.39 is 0 Å². The highest BCUT2D eigenvalue weighted by Gasteiger charge is 2.13. The van der Waals surface area contributed by atoms with Gasteiger partial charge in [-0.25, -0.2) is 4.98 Å². The number of hydrogen-bond acceptors (Lipinski definition) is 5. The van der Waals surface area contributed by atoms with Crippen LogP contribution in [0.5, 0.6) is 0 Å². The monoisotopic (exact) mass is 353 g/mol. The molecule has 0 amide bonds. The zero-order valence-electron chi connectivity index (χ0n) is 14.5. The molecule has 25 heavy (non-hydrogen) atoms. The summed E-state index contributed by atoms with van der Waals surface area (Å²) in [5.41, 5.74) is 4.68. The molecule has 2 aromatic heterocycles. The second-order valence-corrected chi connectivity index (χ2v) is 7.49. The fraction of sp³-hybridized carbons (Fsp3) is 0.368. The summed E-state index contributed by atoms with van der Waals surface area (Å²) >= 11 is 1.73. The van der Waals surface area contributed by atoms with Crippen LogP contribution in [0.1, 0.15) is 22.8 Å². The molecule has 6 heteroatoms. The van der Waals surface area contributed by atoms with E-state index in [1.54, 1.807) is 11.3 Å². The van der Waals surface area contributed by atoms with E-state index in [-0.39, 0.29) is 0 Å². The van der Waals surface area contributed by atoms with Crippen LogP contribution >= 0.6 is 11.3 Å². The van der Waals surface area contributed by atoms with E-state index in [4.69, 9.17) is 10.1 Å². The number of fused-ring (bicyclic) bond motifs is 1. The van der Waals surface area contributed by atoms with Gasteiger partial charge in [-0.1, -0.05) is 30.3 Å². The van der Waals surface area contributed by atoms with Crippen molar-refractivity contribution in [3.63, 3.8) is 0 Å². The Morgan fingerprint density at radius 1 is 1.24 bits per heavy atom. The van der Waals surface area contributed by atoms with E-state index in [0.717, 1.165) is 55.5 Å². The molecule has 1 aliphatic heterocycles. The molecule has 5 nitrogen and oxygen atoms in total. The van der Waals surface area contributed by atoms with E-state index >= 15 is 0 Å². The van der Waals surface area contributed by atoms with Gasteiger partial charge in [-0.2, -0.15) is 5.10 Å². The molecule has 3 aromatic rings. The van der Waals surface area contributed by atoms with Crippen molar-refractivity contribution in [3.05, 3.63) is 58.2 Å². The Hall–Kier alpha value is -2.02. The number of aromatic nitrogens is 3. The molecule has 3 heterocycles. The molecule has 0 unspecified atom stereocenters. The van der Waals surface area contributed by atoms with Crippen molar-refractivity contribution in [1.82, 2.24) is 25.0 Å². The third kappa shape index (κ3) is 3.98. The minimum absolute atomic E-state index is 0.845. The average molecular weight is 353 g/mol. The molecule has 0 saturated heterocycles. The number of hydrogen-bond donors (Lipinski definition) is 1. The minimum atomic E-state index is 0.845. The number of aryl methyl sites for hydroxylation is 1. The summed E-state index contributed by atoms with van der Waals surface area (Å²) in [4.78, 5) is 7.06. The molecule has 1 aromatic carbocycles. The summed E-state index contributed by atoms with van der Waals surface area (Å²) in [6, 6.07) is 12.6. The van der Waals surface area contributed by atoms with Gasteiger partial charge in [0.2, 0.25) is 0 Å². The van der Waals surface area contributed by atoms with Crippen LogP contribution in [0.25, 0.3) is 11.3 Å². The molecule has 0 bridgehead atoms. The topological polar surface area (TPSA) is 46.0 Å². The maximum atomic E-state index is 4.78. The molecule has 0 radical (unpaired) electrons. The standard InChI is InChI=1S/C19H23N5S/c1-23(12-16-10-17-11-20-8-5-9-24(17)22-16)13-19-21-18(14-25-19)15-6-3-2-4-7-15/h2-4,6-7,10,14,20H,5,8-9,11-13H2,1H3. The first-order valence-corrected chi connectivity index (χ1v) is 9.60. The average Bonchev–Trinajstić information content (AvgIpc) is 3.17. The third-order valence-electron chi connectivity index (χ3n) is 4.40.